The van der Waals surface area contributed by atoms with Crippen LogP contribution in [-0.2, 0) is 24.1 Å². The Morgan fingerprint density at radius 1 is 1.21 bits per heavy atom. The monoisotopic (exact) mass is 419 g/mol. The summed E-state index contributed by atoms with van der Waals surface area (Å²) in [7, 11) is 0. The average Bonchev–Trinajstić information content (AvgIpc) is 3.39. The van der Waals surface area contributed by atoms with Crippen LogP contribution in [0.15, 0.2) is 5.16 Å². The van der Waals surface area contributed by atoms with Gasteiger partial charge < -0.3 is 11.1 Å². The Morgan fingerprint density at radius 2 is 2.00 bits per heavy atom. The fourth-order valence-electron chi connectivity index (χ4n) is 4.13. The molecule has 2 aromatic rings. The third-order valence-electron chi connectivity index (χ3n) is 5.47. The molecule has 0 aliphatic heterocycles. The summed E-state index contributed by atoms with van der Waals surface area (Å²) in [4.78, 5) is 30.0. The molecule has 4 N–H and O–H groups in total. The molecule has 1 fully saturated rings. The number of nitrogens with zero attached hydrogens (tertiary/aromatic N) is 2. The van der Waals surface area contributed by atoms with Crippen LogP contribution < -0.4 is 11.1 Å². The van der Waals surface area contributed by atoms with Crippen molar-refractivity contribution >= 4 is 39.9 Å². The summed E-state index contributed by atoms with van der Waals surface area (Å²) in [6.07, 6.45) is 10.0. The molecule has 4 rings (SSSR count). The van der Waals surface area contributed by atoms with Gasteiger partial charge in [0.25, 0.3) is 5.91 Å². The van der Waals surface area contributed by atoms with Gasteiger partial charge in [-0.25, -0.2) is 4.98 Å². The molecule has 2 aliphatic carbocycles. The van der Waals surface area contributed by atoms with Crippen molar-refractivity contribution < 1.29 is 9.59 Å². The maximum Gasteiger partial charge on any atom is 0.251 e. The normalized spacial score (nSPS) is 16.9. The Kier molecular flexibility index (Phi) is 6.01. The van der Waals surface area contributed by atoms with Crippen LogP contribution in [0.3, 0.4) is 0 Å². The summed E-state index contributed by atoms with van der Waals surface area (Å²) >= 11 is 2.78. The van der Waals surface area contributed by atoms with Gasteiger partial charge in [0.15, 0.2) is 0 Å². The number of carbonyl (C=O) groups is 2. The van der Waals surface area contributed by atoms with E-state index in [4.69, 9.17) is 5.73 Å². The largest absolute Gasteiger partial charge is 0.365 e. The number of aromatic amines is 1. The van der Waals surface area contributed by atoms with E-state index in [0.29, 0.717) is 21.6 Å². The highest BCUT2D eigenvalue weighted by molar-refractivity contribution is 7.99. The van der Waals surface area contributed by atoms with Crippen molar-refractivity contribution in [3.63, 3.8) is 0 Å². The molecule has 0 atom stereocenters. The fourth-order valence-corrected chi connectivity index (χ4v) is 6.06. The molecule has 2 heterocycles. The number of nitrogens with one attached hydrogen (secondary N) is 2. The van der Waals surface area contributed by atoms with E-state index in [9.17, 15) is 9.59 Å². The Hall–Kier alpha value is -1.87. The van der Waals surface area contributed by atoms with Gasteiger partial charge in [-0.1, -0.05) is 37.4 Å². The van der Waals surface area contributed by atoms with E-state index in [1.54, 1.807) is 0 Å². The SMILES string of the molecule is NC(=O)c1c(NC(=O)CSc2n[nH]c(CC3CCCC3)n2)sc2c1CCCC2. The van der Waals surface area contributed by atoms with E-state index in [-0.39, 0.29) is 11.7 Å². The smallest absolute Gasteiger partial charge is 0.251 e. The minimum atomic E-state index is -0.465. The lowest BCUT2D eigenvalue weighted by atomic mass is 9.95. The van der Waals surface area contributed by atoms with Crippen molar-refractivity contribution in [2.45, 2.75) is 62.9 Å². The van der Waals surface area contributed by atoms with E-state index in [1.807, 2.05) is 0 Å². The highest BCUT2D eigenvalue weighted by atomic mass is 32.2. The van der Waals surface area contributed by atoms with Crippen molar-refractivity contribution in [1.29, 1.82) is 0 Å². The van der Waals surface area contributed by atoms with Gasteiger partial charge in [-0.2, -0.15) is 0 Å². The quantitative estimate of drug-likeness (QED) is 0.596. The van der Waals surface area contributed by atoms with Gasteiger partial charge in [0.2, 0.25) is 11.1 Å². The molecule has 2 amide bonds. The van der Waals surface area contributed by atoms with Gasteiger partial charge in [-0.05, 0) is 37.2 Å². The molecule has 0 bridgehead atoms. The molecule has 2 aliphatic rings. The van der Waals surface area contributed by atoms with Crippen molar-refractivity contribution in [3.8, 4) is 0 Å². The second-order valence-electron chi connectivity index (χ2n) is 7.54. The number of aromatic nitrogens is 3. The summed E-state index contributed by atoms with van der Waals surface area (Å²) in [5.41, 5.74) is 7.10. The third-order valence-corrected chi connectivity index (χ3v) is 7.53. The molecule has 0 radical (unpaired) electrons. The number of rotatable bonds is 7. The van der Waals surface area contributed by atoms with Gasteiger partial charge >= 0.3 is 0 Å². The Morgan fingerprint density at radius 3 is 2.79 bits per heavy atom. The van der Waals surface area contributed by atoms with E-state index >= 15 is 0 Å². The number of thiophene rings is 1. The first kappa shape index (κ1) is 19.4. The number of aryl methyl sites for hydroxylation is 1. The Bertz CT molecular complexity index is 870. The predicted octanol–water partition coefficient (Wildman–Crippen LogP) is 3.31. The van der Waals surface area contributed by atoms with Crippen LogP contribution in [0.25, 0.3) is 0 Å². The second kappa shape index (κ2) is 8.65. The minimum Gasteiger partial charge on any atom is -0.365 e. The summed E-state index contributed by atoms with van der Waals surface area (Å²) in [6, 6.07) is 0. The first-order valence-electron chi connectivity index (χ1n) is 9.88. The number of anilines is 1. The lowest BCUT2D eigenvalue weighted by molar-refractivity contribution is -0.113. The number of fused-ring (bicyclic) bond motifs is 1. The maximum absolute atomic E-state index is 12.4. The molecular weight excluding hydrogens is 394 g/mol. The molecule has 7 nitrogen and oxygen atoms in total. The van der Waals surface area contributed by atoms with Crippen LogP contribution in [0.4, 0.5) is 5.00 Å². The van der Waals surface area contributed by atoms with Crippen LogP contribution >= 0.6 is 23.1 Å². The lowest BCUT2D eigenvalue weighted by Crippen LogP contribution is -2.19. The molecule has 2 aromatic heterocycles. The maximum atomic E-state index is 12.4. The summed E-state index contributed by atoms with van der Waals surface area (Å²) < 4.78 is 0. The molecule has 0 aromatic carbocycles. The highest BCUT2D eigenvalue weighted by Gasteiger charge is 2.25. The Labute approximate surface area is 172 Å². The zero-order chi connectivity index (χ0) is 19.5. The molecular formula is C19H25N5O2S2. The van der Waals surface area contributed by atoms with Gasteiger partial charge in [0, 0.05) is 11.3 Å². The summed E-state index contributed by atoms with van der Waals surface area (Å²) in [6.45, 7) is 0. The van der Waals surface area contributed by atoms with Crippen LogP contribution in [0.2, 0.25) is 0 Å². The van der Waals surface area contributed by atoms with E-state index in [1.165, 1.54) is 53.7 Å². The number of carbonyl (C=O) groups excluding carboxylic acids is 2. The van der Waals surface area contributed by atoms with Gasteiger partial charge in [-0.3, -0.25) is 14.7 Å². The van der Waals surface area contributed by atoms with Crippen LogP contribution in [0.5, 0.6) is 0 Å². The lowest BCUT2D eigenvalue weighted by Gasteiger charge is -2.11. The molecule has 28 heavy (non-hydrogen) atoms. The molecule has 0 unspecified atom stereocenters. The first-order chi connectivity index (χ1) is 13.6. The predicted molar refractivity (Wildman–Crippen MR) is 111 cm³/mol. The topological polar surface area (TPSA) is 114 Å². The number of nitrogens with two attached hydrogens (primary N) is 1. The zero-order valence-corrected chi connectivity index (χ0v) is 17.4. The van der Waals surface area contributed by atoms with Crippen molar-refractivity contribution in [2.75, 3.05) is 11.1 Å². The molecule has 0 spiro atoms. The van der Waals surface area contributed by atoms with Crippen molar-refractivity contribution in [2.24, 2.45) is 11.7 Å². The van der Waals surface area contributed by atoms with Crippen molar-refractivity contribution in [3.05, 3.63) is 21.8 Å². The number of amides is 2. The van der Waals surface area contributed by atoms with E-state index in [0.717, 1.165) is 43.5 Å². The number of H-pyrrole nitrogens is 1. The van der Waals surface area contributed by atoms with Crippen LogP contribution in [-0.4, -0.2) is 32.7 Å². The van der Waals surface area contributed by atoms with Gasteiger partial charge in [-0.15, -0.1) is 16.4 Å². The number of primary amides is 1. The summed E-state index contributed by atoms with van der Waals surface area (Å²) in [5.74, 6) is 1.16. The van der Waals surface area contributed by atoms with Crippen LogP contribution in [0.1, 0.15) is 65.1 Å². The number of thioether (sulfide) groups is 1. The number of hydrogen-bond acceptors (Lipinski definition) is 6. The molecule has 9 heteroatoms. The standard InChI is InChI=1S/C19H25N5O2S2/c20-17(26)16-12-7-3-4-8-13(12)28-18(16)22-15(25)10-27-19-21-14(23-24-19)9-11-5-1-2-6-11/h11H,1-10H2,(H2,20,26)(H,22,25)(H,21,23,24). The summed E-state index contributed by atoms with van der Waals surface area (Å²) in [5, 5.41) is 11.3. The van der Waals surface area contributed by atoms with Gasteiger partial charge in [0.1, 0.15) is 10.8 Å². The first-order valence-corrected chi connectivity index (χ1v) is 11.7. The second-order valence-corrected chi connectivity index (χ2v) is 9.58. The van der Waals surface area contributed by atoms with Gasteiger partial charge in [0.05, 0.1) is 11.3 Å². The minimum absolute atomic E-state index is 0.173. The average molecular weight is 420 g/mol. The van der Waals surface area contributed by atoms with E-state index in [2.05, 4.69) is 20.5 Å². The molecule has 150 valence electrons. The highest BCUT2D eigenvalue weighted by Crippen LogP contribution is 2.38. The van der Waals surface area contributed by atoms with Crippen LogP contribution in [0, 0.1) is 5.92 Å². The Balaban J connectivity index is 1.34. The third kappa shape index (κ3) is 4.41. The molecule has 0 saturated heterocycles. The van der Waals surface area contributed by atoms with Crippen molar-refractivity contribution in [1.82, 2.24) is 15.2 Å². The fraction of sp³-hybridized carbons (Fsp3) is 0.579. The van der Waals surface area contributed by atoms with E-state index < -0.39 is 5.91 Å². The zero-order valence-electron chi connectivity index (χ0n) is 15.8. The molecule has 1 saturated carbocycles. The number of hydrogen-bond donors (Lipinski definition) is 3.